The minimum absolute atomic E-state index is 0.197. The molecular formula is C24H27N9O2. The number of carbonyl (C=O) groups is 1. The van der Waals surface area contributed by atoms with Crippen LogP contribution in [-0.4, -0.2) is 66.5 Å². The third-order valence-electron chi connectivity index (χ3n) is 5.87. The number of aryl methyl sites for hydroxylation is 1. The van der Waals surface area contributed by atoms with Crippen molar-refractivity contribution in [3.8, 4) is 23.2 Å². The molecule has 1 N–H and O–H groups in total. The standard InChI is InChI=1S/C24H27N9O2/c1-15-8-9-20-28-29-22(33(15)20)18-6-5-7-19(26-18)27-23(34)17-14-32(30-24(17)35-4)21-12-16(10-11-25-21)13-31(2)3/h5-7,10-12,14-15H,8-9,13H2,1-4H3,(H,26,27,34)/t15-/m0/s1. The highest BCUT2D eigenvalue weighted by atomic mass is 16.5. The molecule has 0 aliphatic carbocycles. The van der Waals surface area contributed by atoms with Crippen LogP contribution in [0.3, 0.4) is 0 Å². The SMILES string of the molecule is COc1nn(-c2cc(CN(C)C)ccn2)cc1C(=O)Nc1cccc(-c2nnc3n2[C@@H](C)CC3)n1. The Morgan fingerprint density at radius 3 is 2.91 bits per heavy atom. The molecule has 0 aromatic carbocycles. The van der Waals surface area contributed by atoms with E-state index in [-0.39, 0.29) is 17.4 Å². The number of anilines is 1. The van der Waals surface area contributed by atoms with Gasteiger partial charge in [0.05, 0.1) is 7.11 Å². The van der Waals surface area contributed by atoms with Gasteiger partial charge in [0.25, 0.3) is 5.91 Å². The van der Waals surface area contributed by atoms with Crippen LogP contribution in [0.2, 0.25) is 0 Å². The van der Waals surface area contributed by atoms with Gasteiger partial charge in [0, 0.05) is 31.4 Å². The highest BCUT2D eigenvalue weighted by molar-refractivity contribution is 6.05. The van der Waals surface area contributed by atoms with Gasteiger partial charge in [-0.25, -0.2) is 14.6 Å². The highest BCUT2D eigenvalue weighted by Gasteiger charge is 2.25. The molecule has 4 aromatic rings. The average molecular weight is 474 g/mol. The van der Waals surface area contributed by atoms with Crippen LogP contribution in [-0.2, 0) is 13.0 Å². The summed E-state index contributed by atoms with van der Waals surface area (Å²) in [5.74, 6) is 2.47. The van der Waals surface area contributed by atoms with Gasteiger partial charge in [-0.15, -0.1) is 15.3 Å². The van der Waals surface area contributed by atoms with Gasteiger partial charge >= 0.3 is 0 Å². The largest absolute Gasteiger partial charge is 0.479 e. The summed E-state index contributed by atoms with van der Waals surface area (Å²) in [4.78, 5) is 24.2. The lowest BCUT2D eigenvalue weighted by Gasteiger charge is -2.10. The van der Waals surface area contributed by atoms with Gasteiger partial charge in [0.2, 0.25) is 5.88 Å². The Morgan fingerprint density at radius 1 is 1.26 bits per heavy atom. The van der Waals surface area contributed by atoms with Crippen LogP contribution in [0.15, 0.2) is 42.7 Å². The molecule has 1 atom stereocenters. The van der Waals surface area contributed by atoms with E-state index in [0.29, 0.717) is 29.2 Å². The maximum Gasteiger partial charge on any atom is 0.263 e. The summed E-state index contributed by atoms with van der Waals surface area (Å²) >= 11 is 0. The Balaban J connectivity index is 1.39. The van der Waals surface area contributed by atoms with Crippen LogP contribution < -0.4 is 10.1 Å². The fourth-order valence-electron chi connectivity index (χ4n) is 4.24. The molecule has 180 valence electrons. The fraction of sp³-hybridized carbons (Fsp3) is 0.333. The predicted octanol–water partition coefficient (Wildman–Crippen LogP) is 2.75. The summed E-state index contributed by atoms with van der Waals surface area (Å²) in [7, 11) is 5.48. The molecule has 35 heavy (non-hydrogen) atoms. The topological polar surface area (TPSA) is 116 Å². The molecule has 0 fully saturated rings. The van der Waals surface area contributed by atoms with Crippen molar-refractivity contribution in [2.75, 3.05) is 26.5 Å². The number of carbonyl (C=O) groups excluding carboxylic acids is 1. The summed E-state index contributed by atoms with van der Waals surface area (Å²) in [5, 5.41) is 15.9. The summed E-state index contributed by atoms with van der Waals surface area (Å²) in [6, 6.07) is 9.62. The molecule has 0 saturated carbocycles. The van der Waals surface area contributed by atoms with Crippen molar-refractivity contribution in [3.05, 3.63) is 59.7 Å². The average Bonchev–Trinajstić information content (AvgIpc) is 3.55. The zero-order valence-corrected chi connectivity index (χ0v) is 20.1. The fourth-order valence-corrected chi connectivity index (χ4v) is 4.24. The number of hydrogen-bond acceptors (Lipinski definition) is 8. The first-order chi connectivity index (χ1) is 16.9. The van der Waals surface area contributed by atoms with Crippen LogP contribution in [0.5, 0.6) is 5.88 Å². The molecule has 0 saturated heterocycles. The van der Waals surface area contributed by atoms with Crippen molar-refractivity contribution in [1.82, 2.24) is 39.4 Å². The molecule has 5 heterocycles. The number of fused-ring (bicyclic) bond motifs is 1. The number of ether oxygens (including phenoxy) is 1. The van der Waals surface area contributed by atoms with Crippen LogP contribution in [0.1, 0.15) is 41.1 Å². The summed E-state index contributed by atoms with van der Waals surface area (Å²) < 4.78 is 9.02. The second-order valence-electron chi connectivity index (χ2n) is 8.82. The smallest absolute Gasteiger partial charge is 0.263 e. The zero-order valence-electron chi connectivity index (χ0n) is 20.1. The van der Waals surface area contributed by atoms with Crippen molar-refractivity contribution in [2.45, 2.75) is 32.4 Å². The molecule has 1 aliphatic rings. The van der Waals surface area contributed by atoms with Crippen LogP contribution >= 0.6 is 0 Å². The number of nitrogens with one attached hydrogen (secondary N) is 1. The molecule has 4 aromatic heterocycles. The van der Waals surface area contributed by atoms with E-state index in [2.05, 4.69) is 47.0 Å². The van der Waals surface area contributed by atoms with Gasteiger partial charge in [-0.1, -0.05) is 6.07 Å². The minimum Gasteiger partial charge on any atom is -0.479 e. The van der Waals surface area contributed by atoms with E-state index in [1.165, 1.54) is 11.8 Å². The van der Waals surface area contributed by atoms with E-state index < -0.39 is 0 Å². The van der Waals surface area contributed by atoms with Gasteiger partial charge < -0.3 is 19.5 Å². The van der Waals surface area contributed by atoms with E-state index in [9.17, 15) is 4.79 Å². The van der Waals surface area contributed by atoms with E-state index in [1.54, 1.807) is 18.5 Å². The van der Waals surface area contributed by atoms with E-state index in [4.69, 9.17) is 4.74 Å². The third-order valence-corrected chi connectivity index (χ3v) is 5.87. The monoisotopic (exact) mass is 473 g/mol. The van der Waals surface area contributed by atoms with E-state index in [1.807, 2.05) is 38.4 Å². The zero-order chi connectivity index (χ0) is 24.5. The highest BCUT2D eigenvalue weighted by Crippen LogP contribution is 2.30. The number of amides is 1. The van der Waals surface area contributed by atoms with Crippen LogP contribution in [0, 0.1) is 0 Å². The number of nitrogens with zero attached hydrogens (tertiary/aromatic N) is 8. The van der Waals surface area contributed by atoms with Crippen molar-refractivity contribution in [1.29, 1.82) is 0 Å². The Labute approximate surface area is 202 Å². The number of rotatable bonds is 7. The van der Waals surface area contributed by atoms with Crippen LogP contribution in [0.4, 0.5) is 5.82 Å². The van der Waals surface area contributed by atoms with Gasteiger partial charge in [-0.3, -0.25) is 4.79 Å². The maximum absolute atomic E-state index is 13.1. The predicted molar refractivity (Wildman–Crippen MR) is 130 cm³/mol. The quantitative estimate of drug-likeness (QED) is 0.436. The number of aromatic nitrogens is 7. The first kappa shape index (κ1) is 22.7. The van der Waals surface area contributed by atoms with Gasteiger partial charge in [-0.05, 0) is 57.3 Å². The minimum atomic E-state index is -0.387. The first-order valence-corrected chi connectivity index (χ1v) is 11.4. The molecule has 0 radical (unpaired) electrons. The summed E-state index contributed by atoms with van der Waals surface area (Å²) in [5.41, 5.74) is 2.01. The van der Waals surface area contributed by atoms with Gasteiger partial charge in [0.1, 0.15) is 22.9 Å². The van der Waals surface area contributed by atoms with Crippen LogP contribution in [0.25, 0.3) is 17.3 Å². The normalized spacial score (nSPS) is 14.8. The molecule has 11 heteroatoms. The molecule has 0 bridgehead atoms. The molecular weight excluding hydrogens is 446 g/mol. The van der Waals surface area contributed by atoms with E-state index >= 15 is 0 Å². The van der Waals surface area contributed by atoms with Gasteiger partial charge in [0.15, 0.2) is 11.6 Å². The molecule has 0 spiro atoms. The number of pyridine rings is 2. The lowest BCUT2D eigenvalue weighted by atomic mass is 10.2. The van der Waals surface area contributed by atoms with Crippen molar-refractivity contribution in [3.63, 3.8) is 0 Å². The Bertz CT molecular complexity index is 1380. The number of methoxy groups -OCH3 is 1. The Hall–Kier alpha value is -4.12. The molecule has 1 aliphatic heterocycles. The molecule has 5 rings (SSSR count). The molecule has 11 nitrogen and oxygen atoms in total. The van der Waals surface area contributed by atoms with E-state index in [0.717, 1.165) is 30.8 Å². The Morgan fingerprint density at radius 2 is 2.11 bits per heavy atom. The Kier molecular flexibility index (Phi) is 6.00. The molecule has 1 amide bonds. The second-order valence-corrected chi connectivity index (χ2v) is 8.82. The lowest BCUT2D eigenvalue weighted by molar-refractivity contribution is 0.102. The maximum atomic E-state index is 13.1. The third kappa shape index (κ3) is 4.50. The first-order valence-electron chi connectivity index (χ1n) is 11.4. The summed E-state index contributed by atoms with van der Waals surface area (Å²) in [6.45, 7) is 2.90. The van der Waals surface area contributed by atoms with Crippen molar-refractivity contribution < 1.29 is 9.53 Å². The number of hydrogen-bond donors (Lipinski definition) is 1. The van der Waals surface area contributed by atoms with Crippen molar-refractivity contribution in [2.24, 2.45) is 0 Å². The lowest BCUT2D eigenvalue weighted by Crippen LogP contribution is -2.14. The summed E-state index contributed by atoms with van der Waals surface area (Å²) in [6.07, 6.45) is 5.26. The van der Waals surface area contributed by atoms with Crippen molar-refractivity contribution >= 4 is 11.7 Å². The molecule has 0 unspecified atom stereocenters. The second kappa shape index (κ2) is 9.26. The van der Waals surface area contributed by atoms with Gasteiger partial charge in [-0.2, -0.15) is 0 Å².